The molecule has 0 fully saturated rings. The minimum Gasteiger partial charge on any atom is -0.496 e. The van der Waals surface area contributed by atoms with E-state index in [-0.39, 0.29) is 45.5 Å². The fraction of sp³-hybridized carbons (Fsp3) is 0.138. The molecule has 0 radical (unpaired) electrons. The highest BCUT2D eigenvalue weighted by Gasteiger charge is 2.25. The number of para-hydroxylation sites is 2. The fourth-order valence-electron chi connectivity index (χ4n) is 3.92. The summed E-state index contributed by atoms with van der Waals surface area (Å²) in [4.78, 5) is 14.1. The quantitative estimate of drug-likeness (QED) is 0.205. The van der Waals surface area contributed by atoms with Crippen molar-refractivity contribution in [3.05, 3.63) is 96.1 Å². The van der Waals surface area contributed by atoms with Crippen LogP contribution in [-0.2, 0) is 20.0 Å². The number of ketones is 1. The number of benzene rings is 4. The third kappa shape index (κ3) is 7.71. The first-order valence-corrected chi connectivity index (χ1v) is 16.1. The molecule has 0 spiro atoms. The molecule has 0 aliphatic heterocycles. The Morgan fingerprint density at radius 3 is 1.24 bits per heavy atom. The lowest BCUT2D eigenvalue weighted by Gasteiger charge is -2.19. The van der Waals surface area contributed by atoms with Crippen molar-refractivity contribution < 1.29 is 40.6 Å². The highest BCUT2D eigenvalue weighted by molar-refractivity contribution is 7.92. The highest BCUT2D eigenvalue weighted by atomic mass is 32.2. The molecule has 0 aliphatic rings. The van der Waals surface area contributed by atoms with Crippen LogP contribution in [0, 0.1) is 0 Å². The van der Waals surface area contributed by atoms with Gasteiger partial charge >= 0.3 is 0 Å². The van der Waals surface area contributed by atoms with Crippen LogP contribution in [0.15, 0.2) is 84.9 Å². The second-order valence-corrected chi connectivity index (χ2v) is 12.5. The Balaban J connectivity index is 1.88. The summed E-state index contributed by atoms with van der Waals surface area (Å²) in [5.74, 6) is 0.331. The van der Waals surface area contributed by atoms with E-state index in [2.05, 4.69) is 9.44 Å². The minimum atomic E-state index is -3.73. The maximum Gasteiger partial charge on any atom is 0.229 e. The maximum absolute atomic E-state index is 14.1. The first-order chi connectivity index (χ1) is 19.9. The van der Waals surface area contributed by atoms with Gasteiger partial charge in [-0.3, -0.25) is 14.2 Å². The molecule has 0 saturated heterocycles. The molecule has 0 amide bonds. The third-order valence-electron chi connectivity index (χ3n) is 5.63. The number of nitrogens with one attached hydrogen (secondary N) is 2. The molecule has 0 bridgehead atoms. The summed E-state index contributed by atoms with van der Waals surface area (Å²) in [6.07, 6.45) is 1.96. The van der Waals surface area contributed by atoms with Crippen LogP contribution in [0.2, 0.25) is 0 Å². The lowest BCUT2D eigenvalue weighted by molar-refractivity contribution is 0.103. The minimum absolute atomic E-state index is 0.00951. The van der Waals surface area contributed by atoms with Crippen LogP contribution >= 0.6 is 0 Å². The van der Waals surface area contributed by atoms with Crippen LogP contribution in [0.4, 0.5) is 11.4 Å². The van der Waals surface area contributed by atoms with Crippen molar-refractivity contribution in [2.75, 3.05) is 36.2 Å². The Hall–Kier alpha value is -4.75. The average Bonchev–Trinajstić information content (AvgIpc) is 2.93. The van der Waals surface area contributed by atoms with Crippen LogP contribution in [0.25, 0.3) is 0 Å². The van der Waals surface area contributed by atoms with Gasteiger partial charge in [-0.1, -0.05) is 36.4 Å². The van der Waals surface area contributed by atoms with Gasteiger partial charge in [0.1, 0.15) is 23.0 Å². The van der Waals surface area contributed by atoms with Gasteiger partial charge < -0.3 is 18.9 Å². The van der Waals surface area contributed by atoms with Crippen molar-refractivity contribution in [3.63, 3.8) is 0 Å². The number of carbonyl (C=O) groups is 1. The van der Waals surface area contributed by atoms with Crippen LogP contribution in [0.3, 0.4) is 0 Å². The number of sulfonamides is 2. The molecular weight excluding hydrogens is 584 g/mol. The highest BCUT2D eigenvalue weighted by Crippen LogP contribution is 2.41. The van der Waals surface area contributed by atoms with E-state index in [0.717, 1.165) is 12.5 Å². The van der Waals surface area contributed by atoms with Gasteiger partial charge in [-0.2, -0.15) is 0 Å². The molecular formula is C29H28N2O9S2. The predicted molar refractivity (Wildman–Crippen MR) is 159 cm³/mol. The lowest BCUT2D eigenvalue weighted by Crippen LogP contribution is -2.13. The zero-order valence-corrected chi connectivity index (χ0v) is 24.7. The van der Waals surface area contributed by atoms with Gasteiger partial charge in [0.25, 0.3) is 0 Å². The van der Waals surface area contributed by atoms with Gasteiger partial charge in [0.2, 0.25) is 25.8 Å². The van der Waals surface area contributed by atoms with Crippen molar-refractivity contribution in [3.8, 4) is 34.5 Å². The van der Waals surface area contributed by atoms with Gasteiger partial charge in [0.05, 0.1) is 49.2 Å². The van der Waals surface area contributed by atoms with E-state index in [0.29, 0.717) is 11.5 Å². The molecule has 0 unspecified atom stereocenters. The standard InChI is InChI=1S/C29H28N2O9S2/c1-37-25-17-23(30-41(3,33)34)27(39-19-11-7-5-8-12-19)15-21(25)29(32)22-16-28(40-20-13-9-6-10-14-20)24(18-26(22)38-2)31-42(4,35)36/h5-18,30-31H,1-4H3. The lowest BCUT2D eigenvalue weighted by atomic mass is 9.99. The van der Waals surface area contributed by atoms with Gasteiger partial charge in [0, 0.05) is 12.1 Å². The van der Waals surface area contributed by atoms with E-state index in [1.807, 2.05) is 0 Å². The monoisotopic (exact) mass is 612 g/mol. The second-order valence-electron chi connectivity index (χ2n) is 9.01. The molecule has 0 saturated carbocycles. The zero-order chi connectivity index (χ0) is 30.5. The summed E-state index contributed by atoms with van der Waals surface area (Å²) < 4.78 is 76.0. The first kappa shape index (κ1) is 30.2. The summed E-state index contributed by atoms with van der Waals surface area (Å²) in [6.45, 7) is 0. The second kappa shape index (κ2) is 12.4. The van der Waals surface area contributed by atoms with E-state index in [9.17, 15) is 21.6 Å². The van der Waals surface area contributed by atoms with Crippen molar-refractivity contribution in [2.24, 2.45) is 0 Å². The van der Waals surface area contributed by atoms with Crippen LogP contribution in [0.5, 0.6) is 34.5 Å². The third-order valence-corrected chi connectivity index (χ3v) is 6.81. The fourth-order valence-corrected chi connectivity index (χ4v) is 5.03. The molecule has 4 aromatic rings. The normalized spacial score (nSPS) is 11.3. The summed E-state index contributed by atoms with van der Waals surface area (Å²) in [5, 5.41) is 0. The molecule has 11 nitrogen and oxygen atoms in total. The Labute approximate surface area is 244 Å². The summed E-state index contributed by atoms with van der Waals surface area (Å²) in [6, 6.07) is 22.5. The van der Waals surface area contributed by atoms with Gasteiger partial charge in [0.15, 0.2) is 11.5 Å². The van der Waals surface area contributed by atoms with Gasteiger partial charge in [-0.25, -0.2) is 16.8 Å². The summed E-state index contributed by atoms with van der Waals surface area (Å²) in [5.41, 5.74) is 0.107. The number of anilines is 2. The largest absolute Gasteiger partial charge is 0.496 e. The molecule has 0 heterocycles. The van der Waals surface area contributed by atoms with Crippen LogP contribution in [0.1, 0.15) is 15.9 Å². The number of ether oxygens (including phenoxy) is 4. The number of hydrogen-bond acceptors (Lipinski definition) is 9. The van der Waals surface area contributed by atoms with Crippen molar-refractivity contribution in [2.45, 2.75) is 0 Å². The number of carbonyl (C=O) groups excluding carboxylic acids is 1. The summed E-state index contributed by atoms with van der Waals surface area (Å²) in [7, 11) is -4.81. The smallest absolute Gasteiger partial charge is 0.229 e. The van der Waals surface area contributed by atoms with E-state index in [1.165, 1.54) is 38.5 Å². The van der Waals surface area contributed by atoms with Crippen LogP contribution < -0.4 is 28.4 Å². The zero-order valence-electron chi connectivity index (χ0n) is 23.1. The molecule has 0 aliphatic carbocycles. The number of rotatable bonds is 12. The average molecular weight is 613 g/mol. The molecule has 13 heteroatoms. The number of hydrogen-bond donors (Lipinski definition) is 2. The maximum atomic E-state index is 14.1. The molecule has 42 heavy (non-hydrogen) atoms. The molecule has 220 valence electrons. The molecule has 4 aromatic carbocycles. The van der Waals surface area contributed by atoms with Crippen molar-refractivity contribution >= 4 is 37.2 Å². The molecule has 0 aromatic heterocycles. The van der Waals surface area contributed by atoms with Crippen LogP contribution in [-0.4, -0.2) is 49.3 Å². The Morgan fingerprint density at radius 2 is 0.929 bits per heavy atom. The molecule has 0 atom stereocenters. The Bertz CT molecular complexity index is 1680. The van der Waals surface area contributed by atoms with Gasteiger partial charge in [-0.15, -0.1) is 0 Å². The van der Waals surface area contributed by atoms with E-state index in [1.54, 1.807) is 60.7 Å². The van der Waals surface area contributed by atoms with E-state index in [4.69, 9.17) is 18.9 Å². The Kier molecular flexibility index (Phi) is 8.93. The SMILES string of the molecule is COc1cc(NS(C)(=O)=O)c(Oc2ccccc2)cc1C(=O)c1cc(Oc2ccccc2)c(NS(C)(=O)=O)cc1OC. The summed E-state index contributed by atoms with van der Waals surface area (Å²) >= 11 is 0. The molecule has 2 N–H and O–H groups in total. The van der Waals surface area contributed by atoms with Gasteiger partial charge in [-0.05, 0) is 36.4 Å². The van der Waals surface area contributed by atoms with Crippen molar-refractivity contribution in [1.29, 1.82) is 0 Å². The first-order valence-electron chi connectivity index (χ1n) is 12.3. The topological polar surface area (TPSA) is 146 Å². The number of methoxy groups -OCH3 is 2. The van der Waals surface area contributed by atoms with Crippen molar-refractivity contribution in [1.82, 2.24) is 0 Å². The molecule has 4 rings (SSSR count). The van der Waals surface area contributed by atoms with E-state index >= 15 is 0 Å². The Morgan fingerprint density at radius 1 is 0.571 bits per heavy atom. The van der Waals surface area contributed by atoms with E-state index < -0.39 is 25.8 Å². The predicted octanol–water partition coefficient (Wildman–Crippen LogP) is 5.26.